The summed E-state index contributed by atoms with van der Waals surface area (Å²) in [6, 6.07) is 0.493. The molecule has 68 valence electrons. The van der Waals surface area contributed by atoms with Crippen molar-refractivity contribution < 1.29 is 9.69 Å². The second-order valence-electron chi connectivity index (χ2n) is 3.84. The summed E-state index contributed by atoms with van der Waals surface area (Å²) < 4.78 is 0. The molecule has 0 aromatic carbocycles. The maximum absolute atomic E-state index is 11.4. The third-order valence-corrected chi connectivity index (χ3v) is 2.91. The van der Waals surface area contributed by atoms with Crippen molar-refractivity contribution in [3.8, 4) is 0 Å². The Kier molecular flexibility index (Phi) is 2.05. The zero-order valence-electron chi connectivity index (χ0n) is 7.38. The standard InChI is InChI=1S/C9H16N2O/c1-10-6-4-8(7-10)11-5-2-3-9(11)12/h8,10H,1-7H2/t8-/m1/s1. The third-order valence-electron chi connectivity index (χ3n) is 2.91. The van der Waals surface area contributed by atoms with Crippen LogP contribution in [0.25, 0.3) is 0 Å². The highest BCUT2D eigenvalue weighted by Gasteiger charge is 2.32. The van der Waals surface area contributed by atoms with Crippen LogP contribution >= 0.6 is 0 Å². The lowest BCUT2D eigenvalue weighted by atomic mass is 10.2. The number of carbonyl (C=O) groups is 1. The molecule has 0 saturated carbocycles. The van der Waals surface area contributed by atoms with Gasteiger partial charge in [-0.3, -0.25) is 4.79 Å². The fraction of sp³-hybridized carbons (Fsp3) is 0.778. The number of quaternary nitrogens is 1. The monoisotopic (exact) mass is 168 g/mol. The van der Waals surface area contributed by atoms with Crippen molar-refractivity contribution in [2.24, 2.45) is 0 Å². The predicted octanol–water partition coefficient (Wildman–Crippen LogP) is -0.942. The maximum Gasteiger partial charge on any atom is 0.223 e. The number of hydrogen-bond donors (Lipinski definition) is 1. The van der Waals surface area contributed by atoms with Gasteiger partial charge in [0.2, 0.25) is 5.91 Å². The molecule has 0 bridgehead atoms. The Morgan fingerprint density at radius 2 is 2.42 bits per heavy atom. The summed E-state index contributed by atoms with van der Waals surface area (Å²) in [6.07, 6.45) is 2.97. The quantitative estimate of drug-likeness (QED) is 0.502. The lowest BCUT2D eigenvalue weighted by Gasteiger charge is -2.22. The van der Waals surface area contributed by atoms with Gasteiger partial charge in [-0.2, -0.15) is 7.05 Å². The number of likely N-dealkylation sites (tertiary alicyclic amines) is 2. The highest BCUT2D eigenvalue weighted by atomic mass is 16.2. The molecule has 0 aromatic rings. The van der Waals surface area contributed by atoms with E-state index in [1.54, 1.807) is 0 Å². The Labute approximate surface area is 73.3 Å². The van der Waals surface area contributed by atoms with Gasteiger partial charge in [0, 0.05) is 19.4 Å². The first kappa shape index (κ1) is 8.05. The van der Waals surface area contributed by atoms with Crippen molar-refractivity contribution in [3.05, 3.63) is 7.05 Å². The topological polar surface area (TPSA) is 24.8 Å². The SMILES string of the molecule is [CH2-][NH+]1CC[C@@H](N2CCCC2=O)C1. The Bertz CT molecular complexity index is 193. The van der Waals surface area contributed by atoms with Crippen molar-refractivity contribution in [2.75, 3.05) is 19.6 Å². The minimum atomic E-state index is 0.356. The normalized spacial score (nSPS) is 36.4. The van der Waals surface area contributed by atoms with E-state index in [0.717, 1.165) is 38.9 Å². The van der Waals surface area contributed by atoms with E-state index < -0.39 is 0 Å². The molecule has 3 nitrogen and oxygen atoms in total. The van der Waals surface area contributed by atoms with Gasteiger partial charge in [-0.15, -0.1) is 0 Å². The Morgan fingerprint density at radius 1 is 1.58 bits per heavy atom. The summed E-state index contributed by atoms with van der Waals surface area (Å²) in [7, 11) is 3.96. The molecule has 2 heterocycles. The summed E-state index contributed by atoms with van der Waals surface area (Å²) in [5.41, 5.74) is 0. The van der Waals surface area contributed by atoms with Crippen molar-refractivity contribution in [1.29, 1.82) is 0 Å². The summed E-state index contributed by atoms with van der Waals surface area (Å²) in [5, 5.41) is 0. The van der Waals surface area contributed by atoms with Crippen molar-refractivity contribution in [1.82, 2.24) is 4.90 Å². The molecule has 1 amide bonds. The van der Waals surface area contributed by atoms with Gasteiger partial charge in [0.15, 0.2) is 0 Å². The van der Waals surface area contributed by atoms with Crippen molar-refractivity contribution >= 4 is 5.91 Å². The molecule has 0 spiro atoms. The minimum absolute atomic E-state index is 0.356. The van der Waals surface area contributed by atoms with E-state index in [1.807, 2.05) is 0 Å². The van der Waals surface area contributed by atoms with Crippen LogP contribution in [0.3, 0.4) is 0 Å². The summed E-state index contributed by atoms with van der Waals surface area (Å²) in [5.74, 6) is 0.356. The van der Waals surface area contributed by atoms with Gasteiger partial charge in [-0.05, 0) is 6.42 Å². The van der Waals surface area contributed by atoms with Crippen LogP contribution in [-0.4, -0.2) is 36.5 Å². The molecule has 2 aliphatic rings. The van der Waals surface area contributed by atoms with Gasteiger partial charge in [-0.1, -0.05) is 0 Å². The molecule has 2 saturated heterocycles. The van der Waals surface area contributed by atoms with Crippen molar-refractivity contribution in [2.45, 2.75) is 25.3 Å². The van der Waals surface area contributed by atoms with Crippen LogP contribution in [0.2, 0.25) is 0 Å². The largest absolute Gasteiger partial charge is 0.466 e. The van der Waals surface area contributed by atoms with Crippen LogP contribution in [-0.2, 0) is 4.79 Å². The molecule has 1 N–H and O–H groups in total. The van der Waals surface area contributed by atoms with Gasteiger partial charge in [0.1, 0.15) is 0 Å². The van der Waals surface area contributed by atoms with E-state index in [1.165, 1.54) is 4.90 Å². The molecule has 2 atom stereocenters. The zero-order chi connectivity index (χ0) is 8.55. The molecule has 0 aliphatic carbocycles. The third kappa shape index (κ3) is 1.33. The molecule has 12 heavy (non-hydrogen) atoms. The van der Waals surface area contributed by atoms with Crippen LogP contribution in [0.4, 0.5) is 0 Å². The van der Waals surface area contributed by atoms with E-state index >= 15 is 0 Å². The van der Waals surface area contributed by atoms with Crippen LogP contribution < -0.4 is 4.90 Å². The molecule has 0 aromatic heterocycles. The Morgan fingerprint density at radius 3 is 2.92 bits per heavy atom. The fourth-order valence-electron chi connectivity index (χ4n) is 2.23. The first-order valence-corrected chi connectivity index (χ1v) is 4.73. The van der Waals surface area contributed by atoms with E-state index in [9.17, 15) is 4.79 Å². The van der Waals surface area contributed by atoms with E-state index in [-0.39, 0.29) is 0 Å². The molecule has 2 rings (SSSR count). The van der Waals surface area contributed by atoms with Gasteiger partial charge < -0.3 is 9.80 Å². The number of nitrogens with one attached hydrogen (secondary N) is 1. The predicted molar refractivity (Wildman–Crippen MR) is 45.4 cm³/mol. The van der Waals surface area contributed by atoms with Crippen molar-refractivity contribution in [3.63, 3.8) is 0 Å². The summed E-state index contributed by atoms with van der Waals surface area (Å²) >= 11 is 0. The van der Waals surface area contributed by atoms with Crippen LogP contribution in [0.15, 0.2) is 0 Å². The average Bonchev–Trinajstić information content (AvgIpc) is 2.58. The average molecular weight is 168 g/mol. The second-order valence-corrected chi connectivity index (χ2v) is 3.84. The van der Waals surface area contributed by atoms with Gasteiger partial charge in [0.05, 0.1) is 19.1 Å². The first-order valence-electron chi connectivity index (χ1n) is 4.73. The fourth-order valence-corrected chi connectivity index (χ4v) is 2.23. The summed E-state index contributed by atoms with van der Waals surface area (Å²) in [6.45, 7) is 3.15. The van der Waals surface area contributed by atoms with Crippen LogP contribution in [0, 0.1) is 7.05 Å². The lowest BCUT2D eigenvalue weighted by molar-refractivity contribution is -0.840. The molecular weight excluding hydrogens is 152 g/mol. The molecule has 1 unspecified atom stereocenters. The smallest absolute Gasteiger partial charge is 0.223 e. The van der Waals surface area contributed by atoms with Gasteiger partial charge in [0.25, 0.3) is 0 Å². The van der Waals surface area contributed by atoms with E-state index in [4.69, 9.17) is 0 Å². The van der Waals surface area contributed by atoms with Crippen LogP contribution in [0.5, 0.6) is 0 Å². The first-order chi connectivity index (χ1) is 5.77. The highest BCUT2D eigenvalue weighted by Crippen LogP contribution is 2.15. The minimum Gasteiger partial charge on any atom is -0.466 e. The number of nitrogens with zero attached hydrogens (tertiary/aromatic N) is 1. The number of amides is 1. The molecule has 2 fully saturated rings. The highest BCUT2D eigenvalue weighted by molar-refractivity contribution is 5.78. The van der Waals surface area contributed by atoms with E-state index in [0.29, 0.717) is 11.9 Å². The number of rotatable bonds is 1. The Hall–Kier alpha value is -0.570. The number of hydrogen-bond acceptors (Lipinski definition) is 1. The second kappa shape index (κ2) is 3.05. The molecule has 3 heteroatoms. The van der Waals surface area contributed by atoms with Crippen LogP contribution in [0.1, 0.15) is 19.3 Å². The molecular formula is C9H16N2O. The van der Waals surface area contributed by atoms with E-state index in [2.05, 4.69) is 11.9 Å². The maximum atomic E-state index is 11.4. The zero-order valence-corrected chi connectivity index (χ0v) is 7.38. The lowest BCUT2D eigenvalue weighted by Crippen LogP contribution is -3.05. The Balaban J connectivity index is 1.96. The number of carbonyl (C=O) groups excluding carboxylic acids is 1. The van der Waals surface area contributed by atoms with Gasteiger partial charge in [-0.25, -0.2) is 0 Å². The molecule has 2 aliphatic heterocycles. The van der Waals surface area contributed by atoms with Gasteiger partial charge >= 0.3 is 0 Å². The molecule has 0 radical (unpaired) electrons. The summed E-state index contributed by atoms with van der Waals surface area (Å²) in [4.78, 5) is 14.7.